The Morgan fingerprint density at radius 2 is 2.09 bits per heavy atom. The Labute approximate surface area is 136 Å². The summed E-state index contributed by atoms with van der Waals surface area (Å²) in [5.74, 6) is 3.12. The molecule has 3 rings (SSSR count). The third-order valence-electron chi connectivity index (χ3n) is 5.10. The standard InChI is InChI=1S/C16H24ClN5/c1-4-10(2)12-5-7-13(8-6-12)21-15-14(17)11(3)20-16-18-9-19-22(15)16/h9-10,12-13,21H,4-8H2,1-3H3/t10?,12-,13+. The van der Waals surface area contributed by atoms with Crippen molar-refractivity contribution >= 4 is 23.2 Å². The van der Waals surface area contributed by atoms with Crippen LogP contribution in [-0.4, -0.2) is 25.6 Å². The summed E-state index contributed by atoms with van der Waals surface area (Å²) >= 11 is 6.44. The minimum absolute atomic E-state index is 0.451. The molecule has 5 nitrogen and oxygen atoms in total. The van der Waals surface area contributed by atoms with Crippen LogP contribution in [0.4, 0.5) is 5.82 Å². The molecule has 1 saturated carbocycles. The van der Waals surface area contributed by atoms with Crippen LogP contribution in [0.1, 0.15) is 51.6 Å². The smallest absolute Gasteiger partial charge is 0.254 e. The topological polar surface area (TPSA) is 55.1 Å². The first-order chi connectivity index (χ1) is 10.6. The lowest BCUT2D eigenvalue weighted by Crippen LogP contribution is -2.29. The average molecular weight is 322 g/mol. The van der Waals surface area contributed by atoms with Crippen LogP contribution in [0.2, 0.25) is 5.02 Å². The van der Waals surface area contributed by atoms with E-state index in [0.29, 0.717) is 16.8 Å². The molecule has 1 fully saturated rings. The number of nitrogens with one attached hydrogen (secondary N) is 1. The number of halogens is 1. The maximum atomic E-state index is 6.44. The first-order valence-electron chi connectivity index (χ1n) is 8.22. The zero-order chi connectivity index (χ0) is 15.7. The summed E-state index contributed by atoms with van der Waals surface area (Å²) in [7, 11) is 0. The number of fused-ring (bicyclic) bond motifs is 1. The molecule has 22 heavy (non-hydrogen) atoms. The molecule has 2 heterocycles. The van der Waals surface area contributed by atoms with Crippen molar-refractivity contribution in [2.24, 2.45) is 11.8 Å². The SMILES string of the molecule is CCC(C)[C@H]1CC[C@@H](Nc2c(Cl)c(C)nc3ncnn23)CC1. The second kappa shape index (κ2) is 6.41. The van der Waals surface area contributed by atoms with Gasteiger partial charge in [0.1, 0.15) is 11.3 Å². The monoisotopic (exact) mass is 321 g/mol. The minimum atomic E-state index is 0.451. The van der Waals surface area contributed by atoms with Crippen LogP contribution in [0.25, 0.3) is 5.78 Å². The Hall–Kier alpha value is -1.36. The van der Waals surface area contributed by atoms with E-state index in [1.807, 2.05) is 6.92 Å². The highest BCUT2D eigenvalue weighted by atomic mass is 35.5. The van der Waals surface area contributed by atoms with Gasteiger partial charge in [0.15, 0.2) is 5.82 Å². The number of aryl methyl sites for hydroxylation is 1. The van der Waals surface area contributed by atoms with E-state index in [-0.39, 0.29) is 0 Å². The number of rotatable bonds is 4. The second-order valence-electron chi connectivity index (χ2n) is 6.47. The van der Waals surface area contributed by atoms with Crippen LogP contribution in [0.15, 0.2) is 6.33 Å². The highest BCUT2D eigenvalue weighted by Gasteiger charge is 2.25. The van der Waals surface area contributed by atoms with Crippen molar-refractivity contribution in [2.75, 3.05) is 5.32 Å². The van der Waals surface area contributed by atoms with Crippen molar-refractivity contribution in [3.05, 3.63) is 17.0 Å². The van der Waals surface area contributed by atoms with Crippen molar-refractivity contribution in [1.29, 1.82) is 0 Å². The molecule has 0 saturated heterocycles. The molecule has 1 aliphatic rings. The van der Waals surface area contributed by atoms with Gasteiger partial charge < -0.3 is 5.32 Å². The van der Waals surface area contributed by atoms with Gasteiger partial charge in [0, 0.05) is 6.04 Å². The summed E-state index contributed by atoms with van der Waals surface area (Å²) in [5, 5.41) is 8.46. The van der Waals surface area contributed by atoms with Crippen molar-refractivity contribution in [1.82, 2.24) is 19.6 Å². The van der Waals surface area contributed by atoms with Gasteiger partial charge in [0.25, 0.3) is 5.78 Å². The summed E-state index contributed by atoms with van der Waals surface area (Å²) in [5.41, 5.74) is 0.790. The van der Waals surface area contributed by atoms with E-state index >= 15 is 0 Å². The van der Waals surface area contributed by atoms with Gasteiger partial charge in [0.2, 0.25) is 0 Å². The molecule has 120 valence electrons. The summed E-state index contributed by atoms with van der Waals surface area (Å²) in [4.78, 5) is 8.52. The van der Waals surface area contributed by atoms with Crippen LogP contribution < -0.4 is 5.32 Å². The van der Waals surface area contributed by atoms with E-state index in [9.17, 15) is 0 Å². The summed E-state index contributed by atoms with van der Waals surface area (Å²) in [6, 6.07) is 0.451. The molecule has 0 amide bonds. The van der Waals surface area contributed by atoms with Crippen LogP contribution in [0, 0.1) is 18.8 Å². The van der Waals surface area contributed by atoms with Gasteiger partial charge in [-0.2, -0.15) is 14.6 Å². The molecule has 0 aliphatic heterocycles. The molecule has 1 atom stereocenters. The van der Waals surface area contributed by atoms with Gasteiger partial charge in [-0.05, 0) is 44.4 Å². The highest BCUT2D eigenvalue weighted by molar-refractivity contribution is 6.33. The Balaban J connectivity index is 1.75. The Morgan fingerprint density at radius 3 is 2.77 bits per heavy atom. The average Bonchev–Trinajstić information content (AvgIpc) is 2.99. The number of aromatic nitrogens is 4. The van der Waals surface area contributed by atoms with E-state index < -0.39 is 0 Å². The first kappa shape index (κ1) is 15.5. The third-order valence-corrected chi connectivity index (χ3v) is 5.55. The van der Waals surface area contributed by atoms with E-state index in [2.05, 4.69) is 34.2 Å². The van der Waals surface area contributed by atoms with Crippen LogP contribution in [0.5, 0.6) is 0 Å². The molecule has 0 radical (unpaired) electrons. The molecular weight excluding hydrogens is 298 g/mol. The van der Waals surface area contributed by atoms with E-state index in [4.69, 9.17) is 11.6 Å². The molecule has 6 heteroatoms. The lowest BCUT2D eigenvalue weighted by Gasteiger charge is -2.33. The quantitative estimate of drug-likeness (QED) is 0.921. The Kier molecular flexibility index (Phi) is 4.52. The van der Waals surface area contributed by atoms with Gasteiger partial charge >= 0.3 is 0 Å². The molecule has 1 unspecified atom stereocenters. The van der Waals surface area contributed by atoms with E-state index in [1.54, 1.807) is 4.52 Å². The maximum absolute atomic E-state index is 6.44. The first-order valence-corrected chi connectivity index (χ1v) is 8.60. The van der Waals surface area contributed by atoms with E-state index in [0.717, 1.165) is 23.3 Å². The Bertz CT molecular complexity index is 645. The number of nitrogens with zero attached hydrogens (tertiary/aromatic N) is 4. The fourth-order valence-electron chi connectivity index (χ4n) is 3.42. The zero-order valence-electron chi connectivity index (χ0n) is 13.5. The Morgan fingerprint density at radius 1 is 1.36 bits per heavy atom. The summed E-state index contributed by atoms with van der Waals surface area (Å²) < 4.78 is 1.70. The molecule has 1 N–H and O–H groups in total. The number of anilines is 1. The lowest BCUT2D eigenvalue weighted by molar-refractivity contribution is 0.247. The fraction of sp³-hybridized carbons (Fsp3) is 0.688. The lowest BCUT2D eigenvalue weighted by atomic mass is 9.78. The summed E-state index contributed by atoms with van der Waals surface area (Å²) in [6.45, 7) is 6.57. The largest absolute Gasteiger partial charge is 0.366 e. The third kappa shape index (κ3) is 2.91. The van der Waals surface area contributed by atoms with Crippen LogP contribution in [0.3, 0.4) is 0 Å². The van der Waals surface area contributed by atoms with Gasteiger partial charge in [-0.3, -0.25) is 0 Å². The second-order valence-corrected chi connectivity index (χ2v) is 6.85. The number of hydrogen-bond acceptors (Lipinski definition) is 4. The fourth-order valence-corrected chi connectivity index (χ4v) is 3.59. The van der Waals surface area contributed by atoms with Crippen LogP contribution >= 0.6 is 11.6 Å². The van der Waals surface area contributed by atoms with Gasteiger partial charge in [-0.25, -0.2) is 4.98 Å². The van der Waals surface area contributed by atoms with Crippen LogP contribution in [-0.2, 0) is 0 Å². The molecule has 0 aromatic carbocycles. The zero-order valence-corrected chi connectivity index (χ0v) is 14.3. The maximum Gasteiger partial charge on any atom is 0.254 e. The highest BCUT2D eigenvalue weighted by Crippen LogP contribution is 2.34. The van der Waals surface area contributed by atoms with Crippen molar-refractivity contribution in [2.45, 2.75) is 58.9 Å². The minimum Gasteiger partial charge on any atom is -0.366 e. The van der Waals surface area contributed by atoms with Gasteiger partial charge in [-0.15, -0.1) is 0 Å². The molecule has 1 aliphatic carbocycles. The van der Waals surface area contributed by atoms with Crippen molar-refractivity contribution < 1.29 is 0 Å². The normalized spacial score (nSPS) is 23.6. The van der Waals surface area contributed by atoms with Crippen molar-refractivity contribution in [3.63, 3.8) is 0 Å². The predicted molar refractivity (Wildman–Crippen MR) is 89.4 cm³/mol. The predicted octanol–water partition coefficient (Wildman–Crippen LogP) is 4.10. The van der Waals surface area contributed by atoms with E-state index in [1.165, 1.54) is 38.4 Å². The summed E-state index contributed by atoms with van der Waals surface area (Å²) in [6.07, 6.45) is 7.73. The molecule has 2 aromatic rings. The van der Waals surface area contributed by atoms with Gasteiger partial charge in [-0.1, -0.05) is 31.9 Å². The molecule has 0 bridgehead atoms. The molecule has 0 spiro atoms. The van der Waals surface area contributed by atoms with Gasteiger partial charge in [0.05, 0.1) is 5.69 Å². The molecular formula is C16H24ClN5. The number of hydrogen-bond donors (Lipinski definition) is 1. The van der Waals surface area contributed by atoms with Crippen molar-refractivity contribution in [3.8, 4) is 0 Å². The molecule has 2 aromatic heterocycles.